The van der Waals surface area contributed by atoms with Crippen LogP contribution in [0.3, 0.4) is 0 Å². The van der Waals surface area contributed by atoms with E-state index in [0.717, 1.165) is 19.6 Å². The standard InChI is InChI=1S/C20H22N4O4/c25-19(12-22-20(26)16-3-4-17-18(10-16)28-14-27-17)24-8-6-23(7-9-24)13-15-2-1-5-21-11-15/h1-5,10-11H,6-9,12-14H2,(H,22,26). The van der Waals surface area contributed by atoms with Crippen molar-refractivity contribution in [2.45, 2.75) is 6.54 Å². The van der Waals surface area contributed by atoms with E-state index in [4.69, 9.17) is 9.47 Å². The van der Waals surface area contributed by atoms with Crippen molar-refractivity contribution < 1.29 is 19.1 Å². The number of ether oxygens (including phenoxy) is 2. The topological polar surface area (TPSA) is 84.0 Å². The molecule has 3 heterocycles. The molecule has 2 aromatic rings. The summed E-state index contributed by atoms with van der Waals surface area (Å²) in [5.41, 5.74) is 1.61. The van der Waals surface area contributed by atoms with Gasteiger partial charge in [-0.05, 0) is 29.8 Å². The number of piperazine rings is 1. The van der Waals surface area contributed by atoms with E-state index in [1.165, 1.54) is 5.56 Å². The molecule has 28 heavy (non-hydrogen) atoms. The van der Waals surface area contributed by atoms with E-state index in [1.807, 2.05) is 12.3 Å². The monoisotopic (exact) mass is 382 g/mol. The number of aromatic nitrogens is 1. The molecule has 1 aromatic heterocycles. The minimum absolute atomic E-state index is 0.0180. The number of fused-ring (bicyclic) bond motifs is 1. The Balaban J connectivity index is 1.23. The number of rotatable bonds is 5. The van der Waals surface area contributed by atoms with Crippen LogP contribution in [-0.4, -0.2) is 66.1 Å². The first-order valence-corrected chi connectivity index (χ1v) is 9.26. The number of benzene rings is 1. The van der Waals surface area contributed by atoms with Gasteiger partial charge in [0.2, 0.25) is 12.7 Å². The van der Waals surface area contributed by atoms with Crippen LogP contribution in [0.25, 0.3) is 0 Å². The summed E-state index contributed by atoms with van der Waals surface area (Å²) in [4.78, 5) is 32.9. The Kier molecular flexibility index (Phi) is 5.38. The van der Waals surface area contributed by atoms with Gasteiger partial charge < -0.3 is 19.7 Å². The Morgan fingerprint density at radius 2 is 1.89 bits per heavy atom. The second-order valence-electron chi connectivity index (χ2n) is 6.77. The average molecular weight is 382 g/mol. The summed E-state index contributed by atoms with van der Waals surface area (Å²) in [7, 11) is 0. The predicted molar refractivity (Wildman–Crippen MR) is 101 cm³/mol. The maximum Gasteiger partial charge on any atom is 0.251 e. The average Bonchev–Trinajstić information content (AvgIpc) is 3.21. The SMILES string of the molecule is O=C(NCC(=O)N1CCN(Cc2cccnc2)CC1)c1ccc2c(c1)OCO2. The van der Waals surface area contributed by atoms with Gasteiger partial charge in [0.25, 0.3) is 5.91 Å². The summed E-state index contributed by atoms with van der Waals surface area (Å²) in [6.07, 6.45) is 3.63. The van der Waals surface area contributed by atoms with Gasteiger partial charge in [0.05, 0.1) is 6.54 Å². The second-order valence-corrected chi connectivity index (χ2v) is 6.77. The van der Waals surface area contributed by atoms with Crippen molar-refractivity contribution in [2.75, 3.05) is 39.5 Å². The predicted octanol–water partition coefficient (Wildman–Crippen LogP) is 0.885. The van der Waals surface area contributed by atoms with Crippen LogP contribution >= 0.6 is 0 Å². The van der Waals surface area contributed by atoms with Crippen LogP contribution in [0, 0.1) is 0 Å². The number of pyridine rings is 1. The molecule has 0 atom stereocenters. The molecule has 146 valence electrons. The zero-order chi connectivity index (χ0) is 19.3. The van der Waals surface area contributed by atoms with Crippen molar-refractivity contribution in [1.29, 1.82) is 0 Å². The van der Waals surface area contributed by atoms with Crippen molar-refractivity contribution in [3.05, 3.63) is 53.9 Å². The van der Waals surface area contributed by atoms with E-state index in [1.54, 1.807) is 29.3 Å². The first-order valence-electron chi connectivity index (χ1n) is 9.26. The van der Waals surface area contributed by atoms with Crippen LogP contribution in [0.1, 0.15) is 15.9 Å². The van der Waals surface area contributed by atoms with Gasteiger partial charge in [0, 0.05) is 50.7 Å². The van der Waals surface area contributed by atoms with Gasteiger partial charge in [-0.15, -0.1) is 0 Å². The molecule has 0 aliphatic carbocycles. The van der Waals surface area contributed by atoms with Gasteiger partial charge >= 0.3 is 0 Å². The Hall–Kier alpha value is -3.13. The van der Waals surface area contributed by atoms with Gasteiger partial charge in [-0.3, -0.25) is 19.5 Å². The van der Waals surface area contributed by atoms with E-state index < -0.39 is 0 Å². The minimum Gasteiger partial charge on any atom is -0.454 e. The van der Waals surface area contributed by atoms with Gasteiger partial charge in [-0.1, -0.05) is 6.07 Å². The largest absolute Gasteiger partial charge is 0.454 e. The van der Waals surface area contributed by atoms with Gasteiger partial charge in [-0.2, -0.15) is 0 Å². The van der Waals surface area contributed by atoms with Crippen LogP contribution < -0.4 is 14.8 Å². The van der Waals surface area contributed by atoms with E-state index in [9.17, 15) is 9.59 Å². The third-order valence-electron chi connectivity index (χ3n) is 4.89. The lowest BCUT2D eigenvalue weighted by atomic mass is 10.2. The van der Waals surface area contributed by atoms with E-state index >= 15 is 0 Å². The molecule has 0 bridgehead atoms. The van der Waals surface area contributed by atoms with Crippen molar-refractivity contribution in [1.82, 2.24) is 20.1 Å². The number of nitrogens with one attached hydrogen (secondary N) is 1. The van der Waals surface area contributed by atoms with E-state index in [-0.39, 0.29) is 25.2 Å². The van der Waals surface area contributed by atoms with Crippen LogP contribution in [0.2, 0.25) is 0 Å². The molecule has 2 aliphatic rings. The molecule has 4 rings (SSSR count). The molecule has 2 aliphatic heterocycles. The maximum absolute atomic E-state index is 12.4. The van der Waals surface area contributed by atoms with Crippen molar-refractivity contribution in [2.24, 2.45) is 0 Å². The van der Waals surface area contributed by atoms with Crippen molar-refractivity contribution in [3.63, 3.8) is 0 Å². The van der Waals surface area contributed by atoms with Crippen LogP contribution in [0.5, 0.6) is 11.5 Å². The summed E-state index contributed by atoms with van der Waals surface area (Å²) < 4.78 is 10.5. The first-order chi connectivity index (χ1) is 13.7. The Labute approximate surface area is 163 Å². The summed E-state index contributed by atoms with van der Waals surface area (Å²) in [6, 6.07) is 8.96. The number of nitrogens with zero attached hydrogens (tertiary/aromatic N) is 3. The zero-order valence-electron chi connectivity index (χ0n) is 15.5. The molecule has 1 aromatic carbocycles. The highest BCUT2D eigenvalue weighted by molar-refractivity contribution is 5.97. The number of carbonyl (C=O) groups is 2. The highest BCUT2D eigenvalue weighted by atomic mass is 16.7. The first kappa shape index (κ1) is 18.2. The fraction of sp³-hybridized carbons (Fsp3) is 0.350. The summed E-state index contributed by atoms with van der Waals surface area (Å²) in [6.45, 7) is 3.88. The third-order valence-corrected chi connectivity index (χ3v) is 4.89. The Bertz CT molecular complexity index is 851. The minimum atomic E-state index is -0.304. The summed E-state index contributed by atoms with van der Waals surface area (Å²) >= 11 is 0. The van der Waals surface area contributed by atoms with E-state index in [0.29, 0.717) is 30.2 Å². The van der Waals surface area contributed by atoms with Gasteiger partial charge in [0.1, 0.15) is 0 Å². The third kappa shape index (κ3) is 4.23. The number of hydrogen-bond donors (Lipinski definition) is 1. The Morgan fingerprint density at radius 3 is 2.68 bits per heavy atom. The fourth-order valence-electron chi connectivity index (χ4n) is 3.31. The summed E-state index contributed by atoms with van der Waals surface area (Å²) in [5, 5.41) is 2.69. The maximum atomic E-state index is 12.4. The molecule has 8 nitrogen and oxygen atoms in total. The molecule has 1 saturated heterocycles. The number of carbonyl (C=O) groups excluding carboxylic acids is 2. The fourth-order valence-corrected chi connectivity index (χ4v) is 3.31. The molecule has 1 fully saturated rings. The lowest BCUT2D eigenvalue weighted by Gasteiger charge is -2.34. The number of hydrogen-bond acceptors (Lipinski definition) is 6. The summed E-state index contributed by atoms with van der Waals surface area (Å²) in [5.74, 6) is 0.789. The van der Waals surface area contributed by atoms with Crippen LogP contribution in [-0.2, 0) is 11.3 Å². The molecule has 8 heteroatoms. The Morgan fingerprint density at radius 1 is 1.07 bits per heavy atom. The molecule has 0 saturated carbocycles. The zero-order valence-corrected chi connectivity index (χ0v) is 15.5. The molecular weight excluding hydrogens is 360 g/mol. The smallest absolute Gasteiger partial charge is 0.251 e. The van der Waals surface area contributed by atoms with Crippen molar-refractivity contribution in [3.8, 4) is 11.5 Å². The van der Waals surface area contributed by atoms with Crippen LogP contribution in [0.4, 0.5) is 0 Å². The second kappa shape index (κ2) is 8.26. The lowest BCUT2D eigenvalue weighted by molar-refractivity contribution is -0.131. The highest BCUT2D eigenvalue weighted by Crippen LogP contribution is 2.32. The quantitative estimate of drug-likeness (QED) is 0.827. The molecule has 2 amide bonds. The normalized spacial score (nSPS) is 16.1. The van der Waals surface area contributed by atoms with Gasteiger partial charge in [0.15, 0.2) is 11.5 Å². The molecule has 0 radical (unpaired) electrons. The van der Waals surface area contributed by atoms with Crippen molar-refractivity contribution >= 4 is 11.8 Å². The molecule has 0 unspecified atom stereocenters. The van der Waals surface area contributed by atoms with Gasteiger partial charge in [-0.25, -0.2) is 0 Å². The highest BCUT2D eigenvalue weighted by Gasteiger charge is 2.22. The molecule has 1 N–H and O–H groups in total. The molecular formula is C20H22N4O4. The van der Waals surface area contributed by atoms with E-state index in [2.05, 4.69) is 21.3 Å². The lowest BCUT2D eigenvalue weighted by Crippen LogP contribution is -2.50. The number of amides is 2. The van der Waals surface area contributed by atoms with Crippen LogP contribution in [0.15, 0.2) is 42.7 Å². The molecule has 0 spiro atoms.